The van der Waals surface area contributed by atoms with Gasteiger partial charge in [0.1, 0.15) is 5.52 Å². The number of carbonyl (C=O) groups excluding carboxylic acids is 1. The number of benzene rings is 1. The van der Waals surface area contributed by atoms with Gasteiger partial charge in [0, 0.05) is 18.8 Å². The van der Waals surface area contributed by atoms with Crippen LogP contribution in [0.2, 0.25) is 0 Å². The first-order chi connectivity index (χ1) is 8.99. The first kappa shape index (κ1) is 13.0. The van der Waals surface area contributed by atoms with Crippen LogP contribution < -0.4 is 10.6 Å². The normalized spacial score (nSPS) is 12.3. The summed E-state index contributed by atoms with van der Waals surface area (Å²) in [5.74, 6) is -1.58. The molecule has 0 radical (unpaired) electrons. The van der Waals surface area contributed by atoms with Crippen LogP contribution in [0.3, 0.4) is 0 Å². The van der Waals surface area contributed by atoms with E-state index in [4.69, 9.17) is 15.3 Å². The van der Waals surface area contributed by atoms with E-state index in [0.717, 1.165) is 0 Å². The molecule has 2 rings (SSSR count). The predicted octanol–water partition coefficient (Wildman–Crippen LogP) is 0.593. The Balaban J connectivity index is 2.20. The van der Waals surface area contributed by atoms with E-state index < -0.39 is 24.3 Å². The number of carbonyl (C=O) groups is 2. The number of aromatic nitrogens is 1. The van der Waals surface area contributed by atoms with Crippen LogP contribution in [-0.2, 0) is 9.59 Å². The number of carboxylic acid groups (broad SMARTS) is 1. The number of fused-ring (bicyclic) bond motifs is 1. The smallest absolute Gasteiger partial charge is 0.305 e. The van der Waals surface area contributed by atoms with E-state index in [1.165, 1.54) is 18.3 Å². The molecule has 100 valence electrons. The molecule has 0 saturated heterocycles. The lowest BCUT2D eigenvalue weighted by atomic mass is 10.2. The standard InChI is InChI=1S/C12H13N3O4/c1-15(12(18)8(13)5-11(16)17)7-2-3-9-10(4-7)19-6-14-9/h2-4,6,8H,5,13H2,1H3,(H,16,17). The highest BCUT2D eigenvalue weighted by Crippen LogP contribution is 2.21. The van der Waals surface area contributed by atoms with Gasteiger partial charge in [-0.2, -0.15) is 0 Å². The maximum absolute atomic E-state index is 11.9. The number of carboxylic acids is 1. The lowest BCUT2D eigenvalue weighted by molar-refractivity contribution is -0.139. The molecule has 0 bridgehead atoms. The topological polar surface area (TPSA) is 110 Å². The number of nitrogens with two attached hydrogens (primary N) is 1. The number of aliphatic carboxylic acids is 1. The van der Waals surface area contributed by atoms with Crippen LogP contribution in [0.5, 0.6) is 0 Å². The first-order valence-corrected chi connectivity index (χ1v) is 5.57. The summed E-state index contributed by atoms with van der Waals surface area (Å²) in [5.41, 5.74) is 7.33. The fourth-order valence-electron chi connectivity index (χ4n) is 1.70. The number of amides is 1. The van der Waals surface area contributed by atoms with Crippen molar-refractivity contribution in [3.8, 4) is 0 Å². The molecule has 0 spiro atoms. The van der Waals surface area contributed by atoms with Crippen molar-refractivity contribution in [2.75, 3.05) is 11.9 Å². The molecule has 1 atom stereocenters. The maximum Gasteiger partial charge on any atom is 0.305 e. The van der Waals surface area contributed by atoms with Crippen LogP contribution in [0.4, 0.5) is 5.69 Å². The van der Waals surface area contributed by atoms with Gasteiger partial charge in [0.15, 0.2) is 12.0 Å². The quantitative estimate of drug-likeness (QED) is 0.835. The van der Waals surface area contributed by atoms with E-state index in [1.54, 1.807) is 18.2 Å². The molecule has 2 aromatic rings. The Morgan fingerprint density at radius 3 is 2.95 bits per heavy atom. The Kier molecular flexibility index (Phi) is 3.48. The number of nitrogens with zero attached hydrogens (tertiary/aromatic N) is 2. The summed E-state index contributed by atoms with van der Waals surface area (Å²) in [5, 5.41) is 8.62. The number of likely N-dealkylation sites (N-methyl/N-ethyl adjacent to an activating group) is 1. The number of hydrogen-bond donors (Lipinski definition) is 2. The van der Waals surface area contributed by atoms with Crippen LogP contribution >= 0.6 is 0 Å². The molecule has 3 N–H and O–H groups in total. The zero-order valence-corrected chi connectivity index (χ0v) is 10.2. The van der Waals surface area contributed by atoms with E-state index in [0.29, 0.717) is 16.8 Å². The highest BCUT2D eigenvalue weighted by Gasteiger charge is 2.22. The van der Waals surface area contributed by atoms with Crippen molar-refractivity contribution in [3.63, 3.8) is 0 Å². The fraction of sp³-hybridized carbons (Fsp3) is 0.250. The van der Waals surface area contributed by atoms with Gasteiger partial charge in [-0.15, -0.1) is 0 Å². The van der Waals surface area contributed by atoms with Crippen molar-refractivity contribution in [1.29, 1.82) is 0 Å². The Labute approximate surface area is 108 Å². The number of hydrogen-bond acceptors (Lipinski definition) is 5. The van der Waals surface area contributed by atoms with E-state index in [1.807, 2.05) is 0 Å². The van der Waals surface area contributed by atoms with Crippen LogP contribution in [0.15, 0.2) is 29.0 Å². The zero-order chi connectivity index (χ0) is 14.0. The molecule has 0 aliphatic rings. The average Bonchev–Trinajstić information content (AvgIpc) is 2.83. The predicted molar refractivity (Wildman–Crippen MR) is 67.6 cm³/mol. The van der Waals surface area contributed by atoms with Gasteiger partial charge in [-0.3, -0.25) is 9.59 Å². The SMILES string of the molecule is CN(C(=O)C(N)CC(=O)O)c1ccc2ncoc2c1. The van der Waals surface area contributed by atoms with E-state index in [2.05, 4.69) is 4.98 Å². The molecule has 1 aromatic carbocycles. The minimum atomic E-state index is -1.11. The molecule has 1 unspecified atom stereocenters. The second-order valence-corrected chi connectivity index (χ2v) is 4.11. The van der Waals surface area contributed by atoms with Crippen LogP contribution in [0.25, 0.3) is 11.1 Å². The molecule has 7 nitrogen and oxygen atoms in total. The lowest BCUT2D eigenvalue weighted by Gasteiger charge is -2.20. The third-order valence-corrected chi connectivity index (χ3v) is 2.74. The molecule has 0 aliphatic carbocycles. The molecule has 1 heterocycles. The molecular formula is C12H13N3O4. The van der Waals surface area contributed by atoms with Crippen LogP contribution in [0.1, 0.15) is 6.42 Å². The molecule has 1 amide bonds. The first-order valence-electron chi connectivity index (χ1n) is 5.57. The zero-order valence-electron chi connectivity index (χ0n) is 10.2. The van der Waals surface area contributed by atoms with Crippen molar-refractivity contribution in [1.82, 2.24) is 4.98 Å². The fourth-order valence-corrected chi connectivity index (χ4v) is 1.70. The van der Waals surface area contributed by atoms with Crippen LogP contribution in [-0.4, -0.2) is 35.1 Å². The molecule has 1 aromatic heterocycles. The summed E-state index contributed by atoms with van der Waals surface area (Å²) in [6.45, 7) is 0. The van der Waals surface area contributed by atoms with Gasteiger partial charge >= 0.3 is 5.97 Å². The van der Waals surface area contributed by atoms with Gasteiger partial charge in [0.25, 0.3) is 0 Å². The van der Waals surface area contributed by atoms with Crippen molar-refractivity contribution in [2.45, 2.75) is 12.5 Å². The number of rotatable bonds is 4. The van der Waals surface area contributed by atoms with Gasteiger partial charge < -0.3 is 20.2 Å². The van der Waals surface area contributed by atoms with Crippen molar-refractivity contribution in [3.05, 3.63) is 24.6 Å². The summed E-state index contributed by atoms with van der Waals surface area (Å²) in [7, 11) is 1.53. The Hall–Kier alpha value is -2.41. The van der Waals surface area contributed by atoms with Crippen molar-refractivity contribution >= 4 is 28.7 Å². The average molecular weight is 263 g/mol. The number of oxazole rings is 1. The van der Waals surface area contributed by atoms with Crippen molar-refractivity contribution < 1.29 is 19.1 Å². The lowest BCUT2D eigenvalue weighted by Crippen LogP contribution is -2.43. The van der Waals surface area contributed by atoms with Gasteiger partial charge in [0.2, 0.25) is 5.91 Å². The molecule has 0 fully saturated rings. The summed E-state index contributed by atoms with van der Waals surface area (Å²) < 4.78 is 5.14. The third kappa shape index (κ3) is 2.71. The van der Waals surface area contributed by atoms with Gasteiger partial charge in [0.05, 0.1) is 12.5 Å². The minimum absolute atomic E-state index is 0.409. The van der Waals surface area contributed by atoms with Crippen LogP contribution in [0, 0.1) is 0 Å². The van der Waals surface area contributed by atoms with E-state index >= 15 is 0 Å². The Bertz CT molecular complexity index is 622. The minimum Gasteiger partial charge on any atom is -0.481 e. The molecule has 7 heteroatoms. The van der Waals surface area contributed by atoms with Crippen molar-refractivity contribution in [2.24, 2.45) is 5.73 Å². The molecule has 0 saturated carbocycles. The highest BCUT2D eigenvalue weighted by molar-refractivity contribution is 5.99. The monoisotopic (exact) mass is 263 g/mol. The summed E-state index contributed by atoms with van der Waals surface area (Å²) >= 11 is 0. The second-order valence-electron chi connectivity index (χ2n) is 4.11. The summed E-state index contributed by atoms with van der Waals surface area (Å²) in [4.78, 5) is 27.8. The third-order valence-electron chi connectivity index (χ3n) is 2.74. The van der Waals surface area contributed by atoms with Gasteiger partial charge in [-0.05, 0) is 12.1 Å². The maximum atomic E-state index is 11.9. The van der Waals surface area contributed by atoms with Gasteiger partial charge in [-0.25, -0.2) is 4.98 Å². The molecular weight excluding hydrogens is 250 g/mol. The number of anilines is 1. The van der Waals surface area contributed by atoms with Gasteiger partial charge in [-0.1, -0.05) is 0 Å². The second kappa shape index (κ2) is 5.07. The highest BCUT2D eigenvalue weighted by atomic mass is 16.4. The summed E-state index contributed by atoms with van der Waals surface area (Å²) in [6.07, 6.45) is 0.903. The molecule has 19 heavy (non-hydrogen) atoms. The summed E-state index contributed by atoms with van der Waals surface area (Å²) in [6, 6.07) is 3.97. The Morgan fingerprint density at radius 1 is 1.53 bits per heavy atom. The largest absolute Gasteiger partial charge is 0.481 e. The van der Waals surface area contributed by atoms with E-state index in [9.17, 15) is 9.59 Å². The Morgan fingerprint density at radius 2 is 2.26 bits per heavy atom. The van der Waals surface area contributed by atoms with E-state index in [-0.39, 0.29) is 0 Å². The molecule has 0 aliphatic heterocycles.